The van der Waals surface area contributed by atoms with Crippen LogP contribution in [0.5, 0.6) is 0 Å². The van der Waals surface area contributed by atoms with E-state index in [0.29, 0.717) is 32.9 Å². The molecule has 8 heteroatoms. The van der Waals surface area contributed by atoms with Crippen LogP contribution in [0.15, 0.2) is 53.9 Å². The second-order valence-corrected chi connectivity index (χ2v) is 7.67. The molecule has 1 heterocycles. The summed E-state index contributed by atoms with van der Waals surface area (Å²) in [5, 5.41) is 8.83. The lowest BCUT2D eigenvalue weighted by Crippen LogP contribution is -2.28. The molecule has 28 heavy (non-hydrogen) atoms. The van der Waals surface area contributed by atoms with Crippen molar-refractivity contribution >= 4 is 51.5 Å². The predicted molar refractivity (Wildman–Crippen MR) is 114 cm³/mol. The SMILES string of the molecule is O=C(Cc1ccccc1)NCCC(=O)Nc1nc(-c2cc(Cl)ccc2Cl)cs1. The van der Waals surface area contributed by atoms with Crippen LogP contribution < -0.4 is 10.6 Å². The number of carbonyl (C=O) groups is 2. The van der Waals surface area contributed by atoms with E-state index in [9.17, 15) is 9.59 Å². The van der Waals surface area contributed by atoms with E-state index in [4.69, 9.17) is 23.2 Å². The zero-order chi connectivity index (χ0) is 19.9. The first-order valence-electron chi connectivity index (χ1n) is 8.52. The first kappa shape index (κ1) is 20.3. The Bertz CT molecular complexity index is 977. The average Bonchev–Trinajstić information content (AvgIpc) is 3.12. The normalized spacial score (nSPS) is 10.5. The van der Waals surface area contributed by atoms with E-state index in [2.05, 4.69) is 15.6 Å². The van der Waals surface area contributed by atoms with Crippen LogP contribution in [0.1, 0.15) is 12.0 Å². The highest BCUT2D eigenvalue weighted by Crippen LogP contribution is 2.32. The van der Waals surface area contributed by atoms with Crippen molar-refractivity contribution in [1.82, 2.24) is 10.3 Å². The van der Waals surface area contributed by atoms with Crippen molar-refractivity contribution in [2.45, 2.75) is 12.8 Å². The van der Waals surface area contributed by atoms with Crippen LogP contribution >= 0.6 is 34.5 Å². The number of aromatic nitrogens is 1. The van der Waals surface area contributed by atoms with E-state index in [1.54, 1.807) is 23.6 Å². The number of halogens is 2. The van der Waals surface area contributed by atoms with Gasteiger partial charge in [0.2, 0.25) is 11.8 Å². The van der Waals surface area contributed by atoms with Crippen LogP contribution in [0.3, 0.4) is 0 Å². The van der Waals surface area contributed by atoms with Gasteiger partial charge in [0.1, 0.15) is 0 Å². The van der Waals surface area contributed by atoms with E-state index in [1.165, 1.54) is 11.3 Å². The molecule has 2 aromatic carbocycles. The second-order valence-electron chi connectivity index (χ2n) is 5.97. The molecule has 5 nitrogen and oxygen atoms in total. The summed E-state index contributed by atoms with van der Waals surface area (Å²) in [5.41, 5.74) is 2.28. The Morgan fingerprint density at radius 1 is 1.04 bits per heavy atom. The molecule has 1 aromatic heterocycles. The topological polar surface area (TPSA) is 71.1 Å². The maximum absolute atomic E-state index is 12.1. The number of hydrogen-bond donors (Lipinski definition) is 2. The van der Waals surface area contributed by atoms with Crippen molar-refractivity contribution in [2.75, 3.05) is 11.9 Å². The number of thiazole rings is 1. The number of hydrogen-bond acceptors (Lipinski definition) is 4. The largest absolute Gasteiger partial charge is 0.355 e. The number of anilines is 1. The van der Waals surface area contributed by atoms with E-state index in [1.807, 2.05) is 30.3 Å². The molecule has 0 aliphatic heterocycles. The lowest BCUT2D eigenvalue weighted by Gasteiger charge is -2.05. The Kier molecular flexibility index (Phi) is 7.03. The van der Waals surface area contributed by atoms with E-state index in [0.717, 1.165) is 5.56 Å². The van der Waals surface area contributed by atoms with Gasteiger partial charge in [-0.1, -0.05) is 53.5 Å². The third-order valence-corrected chi connectivity index (χ3v) is 5.16. The number of benzene rings is 2. The van der Waals surface area contributed by atoms with Crippen LogP contribution in [0.2, 0.25) is 10.0 Å². The summed E-state index contributed by atoms with van der Waals surface area (Å²) in [4.78, 5) is 28.3. The van der Waals surface area contributed by atoms with Crippen LogP contribution in [0, 0.1) is 0 Å². The molecular formula is C20H17Cl2N3O2S. The van der Waals surface area contributed by atoms with Crippen LogP contribution in [-0.4, -0.2) is 23.3 Å². The van der Waals surface area contributed by atoms with Gasteiger partial charge < -0.3 is 10.6 Å². The smallest absolute Gasteiger partial charge is 0.227 e. The van der Waals surface area contributed by atoms with Gasteiger partial charge in [-0.05, 0) is 23.8 Å². The Morgan fingerprint density at radius 3 is 2.61 bits per heavy atom. The zero-order valence-electron chi connectivity index (χ0n) is 14.7. The average molecular weight is 434 g/mol. The van der Waals surface area contributed by atoms with Gasteiger partial charge in [-0.25, -0.2) is 4.98 Å². The molecule has 144 valence electrons. The van der Waals surface area contributed by atoms with Crippen molar-refractivity contribution in [2.24, 2.45) is 0 Å². The van der Waals surface area contributed by atoms with Crippen molar-refractivity contribution in [3.63, 3.8) is 0 Å². The fourth-order valence-electron chi connectivity index (χ4n) is 2.49. The highest BCUT2D eigenvalue weighted by atomic mass is 35.5. The molecule has 2 N–H and O–H groups in total. The van der Waals surface area contributed by atoms with Crippen molar-refractivity contribution in [3.8, 4) is 11.3 Å². The number of carbonyl (C=O) groups excluding carboxylic acids is 2. The first-order chi connectivity index (χ1) is 13.5. The Morgan fingerprint density at radius 2 is 1.82 bits per heavy atom. The van der Waals surface area contributed by atoms with Gasteiger partial charge in [0, 0.05) is 28.9 Å². The summed E-state index contributed by atoms with van der Waals surface area (Å²) in [6.45, 7) is 0.260. The van der Waals surface area contributed by atoms with Gasteiger partial charge in [-0.3, -0.25) is 9.59 Å². The minimum absolute atomic E-state index is 0.119. The molecule has 0 radical (unpaired) electrons. The third-order valence-electron chi connectivity index (χ3n) is 3.84. The predicted octanol–water partition coefficient (Wildman–Crippen LogP) is 4.80. The minimum atomic E-state index is -0.224. The molecule has 0 saturated heterocycles. The van der Waals surface area contributed by atoms with E-state index >= 15 is 0 Å². The molecule has 0 unspecified atom stereocenters. The molecule has 2 amide bonds. The lowest BCUT2D eigenvalue weighted by atomic mass is 10.1. The number of nitrogens with zero attached hydrogens (tertiary/aromatic N) is 1. The van der Waals surface area contributed by atoms with E-state index in [-0.39, 0.29) is 24.8 Å². The molecule has 0 aliphatic carbocycles. The van der Waals surface area contributed by atoms with Crippen LogP contribution in [-0.2, 0) is 16.0 Å². The minimum Gasteiger partial charge on any atom is -0.355 e. The Hall–Kier alpha value is -2.41. The van der Waals surface area contributed by atoms with Crippen molar-refractivity contribution in [3.05, 3.63) is 69.5 Å². The quantitative estimate of drug-likeness (QED) is 0.561. The summed E-state index contributed by atoms with van der Waals surface area (Å²) >= 11 is 13.5. The van der Waals surface area contributed by atoms with Crippen LogP contribution in [0.4, 0.5) is 5.13 Å². The summed E-state index contributed by atoms with van der Waals surface area (Å²) in [6.07, 6.45) is 0.450. The van der Waals surface area contributed by atoms with Gasteiger partial charge in [-0.2, -0.15) is 0 Å². The standard InChI is InChI=1S/C20H17Cl2N3O2S/c21-14-6-7-16(22)15(11-14)17-12-28-20(24-17)25-18(26)8-9-23-19(27)10-13-4-2-1-3-5-13/h1-7,11-12H,8-10H2,(H,23,27)(H,24,25,26). The lowest BCUT2D eigenvalue weighted by molar-refractivity contribution is -0.120. The van der Waals surface area contributed by atoms with Gasteiger partial charge >= 0.3 is 0 Å². The molecule has 0 spiro atoms. The summed E-state index contributed by atoms with van der Waals surface area (Å²) in [5.74, 6) is -0.343. The summed E-state index contributed by atoms with van der Waals surface area (Å²) in [7, 11) is 0. The molecule has 0 fully saturated rings. The summed E-state index contributed by atoms with van der Waals surface area (Å²) < 4.78 is 0. The maximum Gasteiger partial charge on any atom is 0.227 e. The molecule has 0 saturated carbocycles. The molecule has 0 bridgehead atoms. The van der Waals surface area contributed by atoms with Crippen molar-refractivity contribution < 1.29 is 9.59 Å². The van der Waals surface area contributed by atoms with Crippen molar-refractivity contribution in [1.29, 1.82) is 0 Å². The zero-order valence-corrected chi connectivity index (χ0v) is 17.1. The highest BCUT2D eigenvalue weighted by Gasteiger charge is 2.11. The molecule has 3 rings (SSSR count). The van der Waals surface area contributed by atoms with Gasteiger partial charge in [0.05, 0.1) is 17.1 Å². The highest BCUT2D eigenvalue weighted by molar-refractivity contribution is 7.14. The molecule has 3 aromatic rings. The van der Waals surface area contributed by atoms with Gasteiger partial charge in [-0.15, -0.1) is 11.3 Å². The monoisotopic (exact) mass is 433 g/mol. The Balaban J connectivity index is 1.47. The van der Waals surface area contributed by atoms with Crippen LogP contribution in [0.25, 0.3) is 11.3 Å². The fraction of sp³-hybridized carbons (Fsp3) is 0.150. The third kappa shape index (κ3) is 5.79. The number of rotatable bonds is 7. The van der Waals surface area contributed by atoms with Gasteiger partial charge in [0.25, 0.3) is 0 Å². The maximum atomic E-state index is 12.1. The number of amides is 2. The molecule has 0 atom stereocenters. The summed E-state index contributed by atoms with van der Waals surface area (Å²) in [6, 6.07) is 14.6. The van der Waals surface area contributed by atoms with Gasteiger partial charge in [0.15, 0.2) is 5.13 Å². The second kappa shape index (κ2) is 9.68. The fourth-order valence-corrected chi connectivity index (χ4v) is 3.60. The van der Waals surface area contributed by atoms with E-state index < -0.39 is 0 Å². The molecule has 0 aliphatic rings. The Labute approximate surface area is 176 Å². The number of nitrogens with one attached hydrogen (secondary N) is 2. The molecular weight excluding hydrogens is 417 g/mol. The first-order valence-corrected chi connectivity index (χ1v) is 10.2.